The highest BCUT2D eigenvalue weighted by Crippen LogP contribution is 2.03. The van der Waals surface area contributed by atoms with Gasteiger partial charge in [-0.3, -0.25) is 10.2 Å². The van der Waals surface area contributed by atoms with E-state index in [1.54, 1.807) is 0 Å². The predicted octanol–water partition coefficient (Wildman–Crippen LogP) is 0.690. The summed E-state index contributed by atoms with van der Waals surface area (Å²) in [7, 11) is 0. The first-order chi connectivity index (χ1) is 9.11. The summed E-state index contributed by atoms with van der Waals surface area (Å²) in [6.07, 6.45) is 0. The van der Waals surface area contributed by atoms with Gasteiger partial charge in [-0.05, 0) is 18.1 Å². The number of carbonyl (C=O) groups is 1. The topological polar surface area (TPSA) is 91.5 Å². The monoisotopic (exact) mass is 263 g/mol. The molecule has 104 valence electrons. The van der Waals surface area contributed by atoms with Gasteiger partial charge in [0, 0.05) is 12.2 Å². The maximum Gasteiger partial charge on any atom is 0.241 e. The highest BCUT2D eigenvalue weighted by atomic mass is 16.1. The summed E-state index contributed by atoms with van der Waals surface area (Å²) in [5, 5.41) is 5.77. The van der Waals surface area contributed by atoms with Crippen LogP contribution in [0, 0.1) is 5.92 Å². The molecule has 1 amide bonds. The van der Waals surface area contributed by atoms with Crippen molar-refractivity contribution >= 4 is 17.6 Å². The molecule has 0 saturated heterocycles. The molecule has 1 rings (SSSR count). The molecule has 0 saturated carbocycles. The van der Waals surface area contributed by atoms with Gasteiger partial charge in [0.25, 0.3) is 0 Å². The van der Waals surface area contributed by atoms with Gasteiger partial charge in [-0.2, -0.15) is 0 Å². The van der Waals surface area contributed by atoms with Gasteiger partial charge in [-0.15, -0.1) is 0 Å². The molecule has 0 radical (unpaired) electrons. The van der Waals surface area contributed by atoms with Crippen molar-refractivity contribution in [3.05, 3.63) is 30.3 Å². The molecule has 0 heterocycles. The maximum atomic E-state index is 11.5. The number of amides is 1. The van der Waals surface area contributed by atoms with Gasteiger partial charge >= 0.3 is 0 Å². The fraction of sp³-hybridized carbons (Fsp3) is 0.385. The van der Waals surface area contributed by atoms with Gasteiger partial charge in [-0.1, -0.05) is 32.0 Å². The lowest BCUT2D eigenvalue weighted by Gasteiger charge is -2.09. The Morgan fingerprint density at radius 3 is 2.58 bits per heavy atom. The second-order valence-electron chi connectivity index (χ2n) is 4.50. The van der Waals surface area contributed by atoms with E-state index in [1.807, 2.05) is 44.2 Å². The van der Waals surface area contributed by atoms with Crippen LogP contribution in [0.2, 0.25) is 0 Å². The Kier molecular flexibility index (Phi) is 6.38. The van der Waals surface area contributed by atoms with Crippen LogP contribution in [0.1, 0.15) is 13.8 Å². The molecule has 6 heteroatoms. The fourth-order valence-corrected chi connectivity index (χ4v) is 1.30. The summed E-state index contributed by atoms with van der Waals surface area (Å²) in [4.78, 5) is 15.6. The molecule has 0 aliphatic carbocycles. The first-order valence-electron chi connectivity index (χ1n) is 6.21. The first-order valence-corrected chi connectivity index (χ1v) is 6.21. The number of nitrogens with one attached hydrogen (secondary N) is 3. The fourth-order valence-electron chi connectivity index (χ4n) is 1.30. The van der Waals surface area contributed by atoms with Gasteiger partial charge in [0.05, 0.1) is 0 Å². The lowest BCUT2D eigenvalue weighted by molar-refractivity contribution is -0.119. The number of rotatable bonds is 5. The van der Waals surface area contributed by atoms with E-state index in [-0.39, 0.29) is 12.5 Å². The average Bonchev–Trinajstić information content (AvgIpc) is 2.42. The summed E-state index contributed by atoms with van der Waals surface area (Å²) in [6.45, 7) is 4.75. The lowest BCUT2D eigenvalue weighted by atomic mass is 10.2. The number of nitrogens with zero attached hydrogens (tertiary/aromatic N) is 1. The second kappa shape index (κ2) is 8.10. The van der Waals surface area contributed by atoms with Crippen LogP contribution in [-0.2, 0) is 4.79 Å². The third-order valence-corrected chi connectivity index (χ3v) is 2.26. The smallest absolute Gasteiger partial charge is 0.241 e. The van der Waals surface area contributed by atoms with Crippen LogP contribution in [-0.4, -0.2) is 25.0 Å². The molecule has 0 aliphatic rings. The Hall–Kier alpha value is -2.08. The van der Waals surface area contributed by atoms with Crippen LogP contribution in [0.25, 0.3) is 0 Å². The standard InChI is InChI=1S/C13H21N5O/c1-10(2)8-15-12(19)9-16-13(18-14)17-11-6-4-3-5-7-11/h3-7,10H,8-9,14H2,1-2H3,(H,15,19)(H2,16,17,18). The second-order valence-corrected chi connectivity index (χ2v) is 4.50. The van der Waals surface area contributed by atoms with Crippen LogP contribution in [0.15, 0.2) is 35.3 Å². The van der Waals surface area contributed by atoms with Crippen molar-refractivity contribution in [1.29, 1.82) is 0 Å². The number of para-hydroxylation sites is 1. The SMILES string of the molecule is CC(C)CNC(=O)CN=C(NN)Nc1ccccc1. The molecule has 5 N–H and O–H groups in total. The van der Waals surface area contributed by atoms with Gasteiger partial charge in [-0.25, -0.2) is 10.8 Å². The van der Waals surface area contributed by atoms with Crippen LogP contribution in [0.4, 0.5) is 5.69 Å². The van der Waals surface area contributed by atoms with E-state index in [4.69, 9.17) is 5.84 Å². The molecule has 0 atom stereocenters. The lowest BCUT2D eigenvalue weighted by Crippen LogP contribution is -2.37. The first kappa shape index (κ1) is 15.0. The van der Waals surface area contributed by atoms with E-state index in [0.29, 0.717) is 18.4 Å². The Labute approximate surface area is 113 Å². The third kappa shape index (κ3) is 6.42. The Morgan fingerprint density at radius 1 is 1.32 bits per heavy atom. The van der Waals surface area contributed by atoms with Crippen molar-refractivity contribution in [2.75, 3.05) is 18.4 Å². The molecule has 6 nitrogen and oxygen atoms in total. The number of carbonyl (C=O) groups excluding carboxylic acids is 1. The number of anilines is 1. The quantitative estimate of drug-likeness (QED) is 0.272. The number of benzene rings is 1. The van der Waals surface area contributed by atoms with Crippen molar-refractivity contribution in [2.24, 2.45) is 16.8 Å². The number of hydrogen-bond acceptors (Lipinski definition) is 3. The van der Waals surface area contributed by atoms with Crippen molar-refractivity contribution in [1.82, 2.24) is 10.7 Å². The molecule has 0 aliphatic heterocycles. The van der Waals surface area contributed by atoms with E-state index >= 15 is 0 Å². The molecular formula is C13H21N5O. The molecule has 0 spiro atoms. The number of hydrazine groups is 1. The average molecular weight is 263 g/mol. The van der Waals surface area contributed by atoms with Crippen molar-refractivity contribution in [3.8, 4) is 0 Å². The molecule has 0 fully saturated rings. The number of hydrogen-bond donors (Lipinski definition) is 4. The van der Waals surface area contributed by atoms with Gasteiger partial charge < -0.3 is 10.6 Å². The largest absolute Gasteiger partial charge is 0.354 e. The van der Waals surface area contributed by atoms with Gasteiger partial charge in [0.2, 0.25) is 11.9 Å². The number of nitrogens with two attached hydrogens (primary N) is 1. The minimum Gasteiger partial charge on any atom is -0.354 e. The van der Waals surface area contributed by atoms with Gasteiger partial charge in [0.1, 0.15) is 6.54 Å². The van der Waals surface area contributed by atoms with Crippen molar-refractivity contribution in [3.63, 3.8) is 0 Å². The summed E-state index contributed by atoms with van der Waals surface area (Å²) in [6, 6.07) is 9.46. The summed E-state index contributed by atoms with van der Waals surface area (Å²) < 4.78 is 0. The van der Waals surface area contributed by atoms with Crippen LogP contribution < -0.4 is 21.9 Å². The normalized spacial score (nSPS) is 11.3. The molecular weight excluding hydrogens is 242 g/mol. The Bertz CT molecular complexity index is 416. The molecule has 1 aromatic rings. The van der Waals surface area contributed by atoms with Gasteiger partial charge in [0.15, 0.2) is 0 Å². The van der Waals surface area contributed by atoms with E-state index in [1.165, 1.54) is 0 Å². The molecule has 1 aromatic carbocycles. The van der Waals surface area contributed by atoms with E-state index in [0.717, 1.165) is 5.69 Å². The number of aliphatic imine (C=N–C) groups is 1. The minimum atomic E-state index is -0.128. The van der Waals surface area contributed by atoms with Crippen LogP contribution in [0.5, 0.6) is 0 Å². The maximum absolute atomic E-state index is 11.5. The van der Waals surface area contributed by atoms with Crippen LogP contribution in [0.3, 0.4) is 0 Å². The molecule has 0 aromatic heterocycles. The van der Waals surface area contributed by atoms with E-state index < -0.39 is 0 Å². The van der Waals surface area contributed by atoms with E-state index in [2.05, 4.69) is 21.1 Å². The Balaban J connectivity index is 2.46. The van der Waals surface area contributed by atoms with E-state index in [9.17, 15) is 4.79 Å². The highest BCUT2D eigenvalue weighted by molar-refractivity contribution is 5.94. The number of guanidine groups is 1. The van der Waals surface area contributed by atoms with Crippen molar-refractivity contribution in [2.45, 2.75) is 13.8 Å². The third-order valence-electron chi connectivity index (χ3n) is 2.26. The zero-order valence-corrected chi connectivity index (χ0v) is 11.3. The highest BCUT2D eigenvalue weighted by Gasteiger charge is 2.02. The summed E-state index contributed by atoms with van der Waals surface area (Å²) in [5.74, 6) is 6.00. The van der Waals surface area contributed by atoms with Crippen LogP contribution >= 0.6 is 0 Å². The summed E-state index contributed by atoms with van der Waals surface area (Å²) in [5.41, 5.74) is 3.28. The summed E-state index contributed by atoms with van der Waals surface area (Å²) >= 11 is 0. The van der Waals surface area contributed by atoms with Crippen molar-refractivity contribution < 1.29 is 4.79 Å². The Morgan fingerprint density at radius 2 is 2.00 bits per heavy atom. The predicted molar refractivity (Wildman–Crippen MR) is 77.5 cm³/mol. The zero-order valence-electron chi connectivity index (χ0n) is 11.3. The molecule has 0 bridgehead atoms. The molecule has 19 heavy (non-hydrogen) atoms. The minimum absolute atomic E-state index is 0.0338. The molecule has 0 unspecified atom stereocenters. The zero-order chi connectivity index (χ0) is 14.1.